The zero-order valence-electron chi connectivity index (χ0n) is 30.2. The first-order valence-corrected chi connectivity index (χ1v) is 20.4. The van der Waals surface area contributed by atoms with Gasteiger partial charge in [-0.1, -0.05) is 170 Å². The first-order valence-electron chi connectivity index (χ1n) is 18.8. The monoisotopic (exact) mass is 748 g/mol. The number of rotatable bonds is 6. The van der Waals surface area contributed by atoms with Crippen LogP contribution in [0.15, 0.2) is 194 Å². The average molecular weight is 749 g/mol. The third-order valence-corrected chi connectivity index (χ3v) is 13.2. The van der Waals surface area contributed by atoms with Crippen molar-refractivity contribution < 1.29 is 0 Å². The van der Waals surface area contributed by atoms with Crippen LogP contribution in [0.1, 0.15) is 0 Å². The SMILES string of the molecule is c1ccc(-c2ccc(-c3cc(-c4ccc(-c5cccc6c5sc5ccccc56)cc4-c4cccc5c4sc4ccccc45)nc(-c4ccccc4)n3)cc2)cc1. The van der Waals surface area contributed by atoms with Gasteiger partial charge in [-0.25, -0.2) is 9.97 Å². The summed E-state index contributed by atoms with van der Waals surface area (Å²) in [6, 6.07) is 69.6. The molecule has 4 heteroatoms. The van der Waals surface area contributed by atoms with Gasteiger partial charge in [0.1, 0.15) is 0 Å². The van der Waals surface area contributed by atoms with Crippen LogP contribution in [0, 0.1) is 0 Å². The first-order chi connectivity index (χ1) is 27.7. The van der Waals surface area contributed by atoms with Crippen molar-refractivity contribution in [2.24, 2.45) is 0 Å². The van der Waals surface area contributed by atoms with Crippen molar-refractivity contribution in [2.75, 3.05) is 0 Å². The van der Waals surface area contributed by atoms with Gasteiger partial charge < -0.3 is 0 Å². The zero-order valence-corrected chi connectivity index (χ0v) is 31.8. The van der Waals surface area contributed by atoms with Crippen molar-refractivity contribution in [2.45, 2.75) is 0 Å². The molecule has 0 saturated carbocycles. The molecule has 0 N–H and O–H groups in total. The Balaban J connectivity index is 1.15. The van der Waals surface area contributed by atoms with E-state index in [4.69, 9.17) is 9.97 Å². The smallest absolute Gasteiger partial charge is 0.160 e. The number of thiophene rings is 2. The predicted octanol–water partition coefficient (Wildman–Crippen LogP) is 15.2. The van der Waals surface area contributed by atoms with E-state index in [1.165, 1.54) is 68.2 Å². The lowest BCUT2D eigenvalue weighted by atomic mass is 9.91. The van der Waals surface area contributed by atoms with Gasteiger partial charge in [-0.05, 0) is 52.1 Å². The minimum absolute atomic E-state index is 0.704. The Labute approximate surface area is 332 Å². The number of aromatic nitrogens is 2. The third-order valence-electron chi connectivity index (χ3n) is 10.8. The summed E-state index contributed by atoms with van der Waals surface area (Å²) in [4.78, 5) is 10.5. The molecule has 0 radical (unpaired) electrons. The van der Waals surface area contributed by atoms with Crippen molar-refractivity contribution in [3.05, 3.63) is 194 Å². The third kappa shape index (κ3) is 5.62. The van der Waals surface area contributed by atoms with Crippen molar-refractivity contribution >= 4 is 63.0 Å². The molecule has 0 atom stereocenters. The van der Waals surface area contributed by atoms with Crippen LogP contribution in [-0.2, 0) is 0 Å². The van der Waals surface area contributed by atoms with Crippen LogP contribution in [0.3, 0.4) is 0 Å². The number of benzene rings is 8. The topological polar surface area (TPSA) is 25.8 Å². The summed E-state index contributed by atoms with van der Waals surface area (Å²) in [5.41, 5.74) is 12.0. The maximum atomic E-state index is 5.35. The summed E-state index contributed by atoms with van der Waals surface area (Å²) in [6.07, 6.45) is 0. The summed E-state index contributed by atoms with van der Waals surface area (Å²) in [6.45, 7) is 0. The Morgan fingerprint density at radius 1 is 0.286 bits per heavy atom. The standard InChI is InChI=1S/C52H32N2S2/c1-3-13-33(14-4-1)34-25-27-35(28-26-34)46-32-47(54-52(53-46)36-15-5-2-6-16-36)39-30-29-37(38-19-11-20-42-40-17-7-9-23-48(40)55-50(38)42)31-45(39)44-22-12-21-43-41-18-8-10-24-49(41)56-51(43)44/h1-32H. The molecular formula is C52H32N2S2. The van der Waals surface area contributed by atoms with Gasteiger partial charge in [0.2, 0.25) is 0 Å². The number of nitrogens with zero attached hydrogens (tertiary/aromatic N) is 2. The molecule has 11 aromatic rings. The zero-order chi connectivity index (χ0) is 37.0. The van der Waals surface area contributed by atoms with Gasteiger partial charge >= 0.3 is 0 Å². The number of hydrogen-bond acceptors (Lipinski definition) is 4. The Kier molecular flexibility index (Phi) is 7.90. The molecule has 0 aliphatic heterocycles. The average Bonchev–Trinajstić information content (AvgIpc) is 3.86. The second kappa shape index (κ2) is 13.5. The summed E-state index contributed by atoms with van der Waals surface area (Å²) < 4.78 is 5.18. The van der Waals surface area contributed by atoms with Gasteiger partial charge in [-0.3, -0.25) is 0 Å². The lowest BCUT2D eigenvalue weighted by Crippen LogP contribution is -1.97. The number of fused-ring (bicyclic) bond motifs is 6. The van der Waals surface area contributed by atoms with Crippen LogP contribution in [0.4, 0.5) is 0 Å². The molecule has 0 aliphatic carbocycles. The molecule has 0 amide bonds. The van der Waals surface area contributed by atoms with E-state index in [2.05, 4.69) is 188 Å². The van der Waals surface area contributed by atoms with Gasteiger partial charge in [-0.15, -0.1) is 22.7 Å². The van der Waals surface area contributed by atoms with Crippen LogP contribution in [0.25, 0.3) is 108 Å². The molecule has 0 aliphatic rings. The van der Waals surface area contributed by atoms with E-state index in [9.17, 15) is 0 Å². The summed E-state index contributed by atoms with van der Waals surface area (Å²) >= 11 is 3.73. The van der Waals surface area contributed by atoms with Crippen molar-refractivity contribution in [3.63, 3.8) is 0 Å². The molecular weight excluding hydrogens is 717 g/mol. The molecule has 3 heterocycles. The van der Waals surface area contributed by atoms with Crippen LogP contribution in [0.5, 0.6) is 0 Å². The second-order valence-electron chi connectivity index (χ2n) is 14.1. The maximum Gasteiger partial charge on any atom is 0.160 e. The van der Waals surface area contributed by atoms with Crippen LogP contribution in [-0.4, -0.2) is 9.97 Å². The minimum Gasteiger partial charge on any atom is -0.228 e. The van der Waals surface area contributed by atoms with Gasteiger partial charge in [0.15, 0.2) is 5.82 Å². The van der Waals surface area contributed by atoms with E-state index in [0.29, 0.717) is 5.82 Å². The van der Waals surface area contributed by atoms with E-state index >= 15 is 0 Å². The normalized spacial score (nSPS) is 11.6. The molecule has 0 saturated heterocycles. The van der Waals surface area contributed by atoms with Crippen LogP contribution >= 0.6 is 22.7 Å². The lowest BCUT2D eigenvalue weighted by molar-refractivity contribution is 1.18. The van der Waals surface area contributed by atoms with E-state index < -0.39 is 0 Å². The summed E-state index contributed by atoms with van der Waals surface area (Å²) in [5.74, 6) is 0.704. The maximum absolute atomic E-state index is 5.35. The number of hydrogen-bond donors (Lipinski definition) is 0. The molecule has 3 aromatic heterocycles. The van der Waals surface area contributed by atoms with Crippen molar-refractivity contribution in [1.82, 2.24) is 9.97 Å². The van der Waals surface area contributed by atoms with E-state index in [0.717, 1.165) is 33.6 Å². The quantitative estimate of drug-likeness (QED) is 0.169. The molecule has 0 spiro atoms. The molecule has 2 nitrogen and oxygen atoms in total. The van der Waals surface area contributed by atoms with Crippen molar-refractivity contribution in [1.29, 1.82) is 0 Å². The van der Waals surface area contributed by atoms with Crippen LogP contribution < -0.4 is 0 Å². The largest absolute Gasteiger partial charge is 0.228 e. The highest BCUT2D eigenvalue weighted by atomic mass is 32.1. The van der Waals surface area contributed by atoms with Gasteiger partial charge in [-0.2, -0.15) is 0 Å². The fourth-order valence-electron chi connectivity index (χ4n) is 8.01. The molecule has 262 valence electrons. The highest BCUT2D eigenvalue weighted by Gasteiger charge is 2.20. The van der Waals surface area contributed by atoms with Gasteiger partial charge in [0.05, 0.1) is 11.4 Å². The Morgan fingerprint density at radius 2 is 0.786 bits per heavy atom. The lowest BCUT2D eigenvalue weighted by Gasteiger charge is -2.16. The highest BCUT2D eigenvalue weighted by molar-refractivity contribution is 7.26. The van der Waals surface area contributed by atoms with E-state index in [1.807, 2.05) is 28.7 Å². The van der Waals surface area contributed by atoms with E-state index in [1.54, 1.807) is 0 Å². The fraction of sp³-hybridized carbons (Fsp3) is 0. The summed E-state index contributed by atoms with van der Waals surface area (Å²) in [5, 5.41) is 5.17. The molecule has 56 heavy (non-hydrogen) atoms. The summed E-state index contributed by atoms with van der Waals surface area (Å²) in [7, 11) is 0. The Bertz CT molecular complexity index is 3230. The molecule has 0 bridgehead atoms. The fourth-order valence-corrected chi connectivity index (χ4v) is 10.5. The first kappa shape index (κ1) is 32.7. The Hall–Kier alpha value is -6.72. The molecule has 8 aromatic carbocycles. The Morgan fingerprint density at radius 3 is 1.46 bits per heavy atom. The molecule has 0 unspecified atom stereocenters. The second-order valence-corrected chi connectivity index (χ2v) is 16.2. The van der Waals surface area contributed by atoms with Crippen molar-refractivity contribution in [3.8, 4) is 67.3 Å². The minimum atomic E-state index is 0.704. The molecule has 0 fully saturated rings. The predicted molar refractivity (Wildman–Crippen MR) is 240 cm³/mol. The van der Waals surface area contributed by atoms with E-state index in [-0.39, 0.29) is 0 Å². The highest BCUT2D eigenvalue weighted by Crippen LogP contribution is 2.46. The molecule has 11 rings (SSSR count). The van der Waals surface area contributed by atoms with Gasteiger partial charge in [0.25, 0.3) is 0 Å². The van der Waals surface area contributed by atoms with Crippen LogP contribution in [0.2, 0.25) is 0 Å². The van der Waals surface area contributed by atoms with Gasteiger partial charge in [0, 0.05) is 62.6 Å².